The Balaban J connectivity index is 0.938. The summed E-state index contributed by atoms with van der Waals surface area (Å²) in [4.78, 5) is 4.76. The average molecular weight is 719 g/mol. The van der Waals surface area contributed by atoms with Crippen LogP contribution in [0.4, 0.5) is 28.4 Å². The molecule has 0 fully saturated rings. The predicted molar refractivity (Wildman–Crippen MR) is 238 cm³/mol. The number of rotatable bonds is 10. The van der Waals surface area contributed by atoms with Crippen molar-refractivity contribution in [3.63, 3.8) is 0 Å². The maximum Gasteiger partial charge on any atom is 0.0559 e. The number of allylic oxidation sites excluding steroid dienone is 2. The van der Waals surface area contributed by atoms with Crippen molar-refractivity contribution in [3.8, 4) is 44.5 Å². The molecule has 0 saturated carbocycles. The highest BCUT2D eigenvalue weighted by Gasteiger charge is 2.19. The molecule has 0 radical (unpaired) electrons. The molecule has 2 nitrogen and oxygen atoms in total. The van der Waals surface area contributed by atoms with Crippen LogP contribution in [0.15, 0.2) is 237 Å². The number of para-hydroxylation sites is 1. The van der Waals surface area contributed by atoms with Gasteiger partial charge < -0.3 is 9.80 Å². The Morgan fingerprint density at radius 2 is 0.589 bits per heavy atom. The Hall–Kier alpha value is -7.16. The molecule has 1 aliphatic rings. The van der Waals surface area contributed by atoms with Gasteiger partial charge in [-0.1, -0.05) is 176 Å². The minimum Gasteiger partial charge on any atom is -0.334 e. The summed E-state index contributed by atoms with van der Waals surface area (Å²) in [7, 11) is 0. The molecule has 0 spiro atoms. The first-order valence-electron chi connectivity index (χ1n) is 19.4. The summed E-state index contributed by atoms with van der Waals surface area (Å²) in [6, 6.07) is 76.5. The zero-order chi connectivity index (χ0) is 37.5. The molecule has 1 unspecified atom stereocenters. The van der Waals surface area contributed by atoms with Crippen molar-refractivity contribution in [3.05, 3.63) is 237 Å². The Morgan fingerprint density at radius 3 is 0.946 bits per heavy atom. The smallest absolute Gasteiger partial charge is 0.0559 e. The molecule has 0 amide bonds. The number of hydrogen-bond donors (Lipinski definition) is 0. The zero-order valence-corrected chi connectivity index (χ0v) is 31.2. The fourth-order valence-corrected chi connectivity index (χ4v) is 7.67. The minimum absolute atomic E-state index is 0.249. The normalized spacial score (nSPS) is 13.3. The van der Waals surface area contributed by atoms with Gasteiger partial charge in [0.05, 0.1) is 6.04 Å². The minimum atomic E-state index is 0.249. The molecule has 0 aromatic heterocycles. The van der Waals surface area contributed by atoms with E-state index < -0.39 is 0 Å². The van der Waals surface area contributed by atoms with Crippen molar-refractivity contribution in [2.75, 3.05) is 9.80 Å². The highest BCUT2D eigenvalue weighted by molar-refractivity contribution is 5.81. The van der Waals surface area contributed by atoms with Crippen molar-refractivity contribution < 1.29 is 0 Å². The largest absolute Gasteiger partial charge is 0.334 e. The van der Waals surface area contributed by atoms with Crippen LogP contribution in [0.2, 0.25) is 0 Å². The van der Waals surface area contributed by atoms with Crippen LogP contribution in [0, 0.1) is 0 Å². The summed E-state index contributed by atoms with van der Waals surface area (Å²) in [6.07, 6.45) is 9.82. The van der Waals surface area contributed by atoms with Gasteiger partial charge in [-0.3, -0.25) is 0 Å². The average Bonchev–Trinajstić information content (AvgIpc) is 3.29. The van der Waals surface area contributed by atoms with Gasteiger partial charge in [0.1, 0.15) is 0 Å². The number of benzene rings is 8. The van der Waals surface area contributed by atoms with E-state index in [1.165, 1.54) is 55.9 Å². The second-order valence-corrected chi connectivity index (χ2v) is 14.2. The van der Waals surface area contributed by atoms with Crippen LogP contribution in [0.1, 0.15) is 6.42 Å². The fourth-order valence-electron chi connectivity index (χ4n) is 7.67. The lowest BCUT2D eigenvalue weighted by molar-refractivity contribution is 0.785. The van der Waals surface area contributed by atoms with Crippen LogP contribution in [-0.2, 0) is 0 Å². The lowest BCUT2D eigenvalue weighted by atomic mass is 9.99. The van der Waals surface area contributed by atoms with E-state index in [2.05, 4.69) is 246 Å². The second kappa shape index (κ2) is 16.1. The first-order valence-corrected chi connectivity index (χ1v) is 19.4. The van der Waals surface area contributed by atoms with Gasteiger partial charge in [0.25, 0.3) is 0 Å². The third-order valence-electron chi connectivity index (χ3n) is 10.6. The molecule has 0 aliphatic heterocycles. The van der Waals surface area contributed by atoms with Crippen molar-refractivity contribution >= 4 is 28.4 Å². The van der Waals surface area contributed by atoms with Crippen LogP contribution in [0.5, 0.6) is 0 Å². The summed E-state index contributed by atoms with van der Waals surface area (Å²) in [5.41, 5.74) is 15.4. The van der Waals surface area contributed by atoms with E-state index in [0.717, 1.165) is 23.5 Å². The monoisotopic (exact) mass is 718 g/mol. The molecule has 268 valence electrons. The molecular formula is C54H42N2. The third-order valence-corrected chi connectivity index (χ3v) is 10.6. The number of anilines is 5. The number of nitrogens with zero attached hydrogens (tertiary/aromatic N) is 2. The summed E-state index contributed by atoms with van der Waals surface area (Å²) < 4.78 is 0. The molecule has 8 aromatic rings. The molecule has 1 atom stereocenters. The SMILES string of the molecule is C1=CCC(N(c2ccc(-c3ccccc3)cc2)c2ccc(-c3ccc(-c4ccc(N(c5ccccc5)c5ccc(-c6ccccc6)cc5)cc4)cc3)cc2)C=C1. The van der Waals surface area contributed by atoms with Crippen molar-refractivity contribution in [1.82, 2.24) is 0 Å². The standard InChI is InChI=1S/C54H42N2/c1-5-13-41(14-6-1)45-25-33-51(34-26-45)55(49-17-9-3-10-18-49)53-37-29-47(30-38-53)43-21-23-44(24-22-43)48-31-39-54(40-32-48)56(50-19-11-4-12-20-50)52-35-27-46(28-36-52)42-15-7-2-8-16-42/h1-19,21-40,50H,20H2. The summed E-state index contributed by atoms with van der Waals surface area (Å²) in [5, 5.41) is 0. The second-order valence-electron chi connectivity index (χ2n) is 14.2. The maximum atomic E-state index is 2.45. The molecule has 0 N–H and O–H groups in total. The lowest BCUT2D eigenvalue weighted by Crippen LogP contribution is -2.29. The topological polar surface area (TPSA) is 6.48 Å². The van der Waals surface area contributed by atoms with E-state index in [9.17, 15) is 0 Å². The van der Waals surface area contributed by atoms with Gasteiger partial charge >= 0.3 is 0 Å². The van der Waals surface area contributed by atoms with Crippen LogP contribution in [0.3, 0.4) is 0 Å². The molecule has 9 rings (SSSR count). The fraction of sp³-hybridized carbons (Fsp3) is 0.0370. The van der Waals surface area contributed by atoms with Crippen LogP contribution in [0.25, 0.3) is 44.5 Å². The van der Waals surface area contributed by atoms with E-state index in [1.807, 2.05) is 0 Å². The van der Waals surface area contributed by atoms with Crippen LogP contribution in [-0.4, -0.2) is 6.04 Å². The molecule has 1 aliphatic carbocycles. The van der Waals surface area contributed by atoms with E-state index in [4.69, 9.17) is 0 Å². The molecular weight excluding hydrogens is 677 g/mol. The van der Waals surface area contributed by atoms with E-state index in [0.29, 0.717) is 0 Å². The van der Waals surface area contributed by atoms with E-state index in [1.54, 1.807) is 0 Å². The van der Waals surface area contributed by atoms with Gasteiger partial charge in [-0.25, -0.2) is 0 Å². The van der Waals surface area contributed by atoms with Crippen molar-refractivity contribution in [2.45, 2.75) is 12.5 Å². The van der Waals surface area contributed by atoms with Crippen molar-refractivity contribution in [2.24, 2.45) is 0 Å². The zero-order valence-electron chi connectivity index (χ0n) is 31.2. The van der Waals surface area contributed by atoms with Gasteiger partial charge in [0, 0.05) is 28.4 Å². The van der Waals surface area contributed by atoms with Gasteiger partial charge in [-0.15, -0.1) is 0 Å². The lowest BCUT2D eigenvalue weighted by Gasteiger charge is -2.33. The van der Waals surface area contributed by atoms with Gasteiger partial charge in [-0.05, 0) is 112 Å². The molecule has 0 saturated heterocycles. The predicted octanol–water partition coefficient (Wildman–Crippen LogP) is 14.8. The summed E-state index contributed by atoms with van der Waals surface area (Å²) >= 11 is 0. The Bertz CT molecular complexity index is 2540. The van der Waals surface area contributed by atoms with E-state index in [-0.39, 0.29) is 6.04 Å². The molecule has 0 heterocycles. The molecule has 0 bridgehead atoms. The van der Waals surface area contributed by atoms with Gasteiger partial charge in [0.15, 0.2) is 0 Å². The van der Waals surface area contributed by atoms with Crippen LogP contribution < -0.4 is 9.80 Å². The first kappa shape index (κ1) is 34.6. The Labute approximate surface area is 330 Å². The van der Waals surface area contributed by atoms with E-state index >= 15 is 0 Å². The van der Waals surface area contributed by atoms with Crippen molar-refractivity contribution in [1.29, 1.82) is 0 Å². The Kier molecular flexibility index (Phi) is 9.92. The Morgan fingerprint density at radius 1 is 0.286 bits per heavy atom. The van der Waals surface area contributed by atoms with Gasteiger partial charge in [0.2, 0.25) is 0 Å². The van der Waals surface area contributed by atoms with Gasteiger partial charge in [-0.2, -0.15) is 0 Å². The third kappa shape index (κ3) is 7.46. The quantitative estimate of drug-likeness (QED) is 0.139. The maximum absolute atomic E-state index is 2.45. The van der Waals surface area contributed by atoms with Crippen LogP contribution >= 0.6 is 0 Å². The molecule has 56 heavy (non-hydrogen) atoms. The molecule has 2 heteroatoms. The molecule has 8 aromatic carbocycles. The number of hydrogen-bond acceptors (Lipinski definition) is 2. The highest BCUT2D eigenvalue weighted by atomic mass is 15.2. The summed E-state index contributed by atoms with van der Waals surface area (Å²) in [5.74, 6) is 0. The first-order chi connectivity index (χ1) is 27.8. The summed E-state index contributed by atoms with van der Waals surface area (Å²) in [6.45, 7) is 0. The highest BCUT2D eigenvalue weighted by Crippen LogP contribution is 2.38.